The molecule has 4 heteroatoms. The van der Waals surface area contributed by atoms with Gasteiger partial charge in [0.2, 0.25) is 0 Å². The third-order valence-corrected chi connectivity index (χ3v) is 3.94. The Morgan fingerprint density at radius 1 is 1.56 bits per heavy atom. The number of pyridine rings is 1. The normalized spacial score (nSPS) is 12.3. The topological polar surface area (TPSA) is 39.9 Å². The van der Waals surface area contributed by atoms with E-state index >= 15 is 0 Å². The van der Waals surface area contributed by atoms with Crippen molar-refractivity contribution in [1.82, 2.24) is 9.88 Å². The van der Waals surface area contributed by atoms with E-state index in [0.717, 1.165) is 12.1 Å². The Morgan fingerprint density at radius 2 is 2.39 bits per heavy atom. The Morgan fingerprint density at radius 3 is 3.00 bits per heavy atom. The van der Waals surface area contributed by atoms with Gasteiger partial charge in [0.1, 0.15) is 6.07 Å². The molecule has 2 rings (SSSR count). The number of hydrogen-bond acceptors (Lipinski definition) is 4. The molecule has 3 nitrogen and oxygen atoms in total. The molecule has 0 spiro atoms. The van der Waals surface area contributed by atoms with E-state index in [1.807, 2.05) is 23.7 Å². The maximum atomic E-state index is 8.81. The average molecular weight is 257 g/mol. The van der Waals surface area contributed by atoms with Gasteiger partial charge in [-0.25, -0.2) is 0 Å². The summed E-state index contributed by atoms with van der Waals surface area (Å²) in [4.78, 5) is 7.61. The van der Waals surface area contributed by atoms with Crippen molar-refractivity contribution in [3.63, 3.8) is 0 Å². The van der Waals surface area contributed by atoms with Gasteiger partial charge >= 0.3 is 0 Å². The summed E-state index contributed by atoms with van der Waals surface area (Å²) in [6.07, 6.45) is 3.69. The van der Waals surface area contributed by atoms with E-state index in [-0.39, 0.29) is 0 Å². The molecule has 1 atom stereocenters. The summed E-state index contributed by atoms with van der Waals surface area (Å²) < 4.78 is 0. The number of aromatic nitrogens is 1. The van der Waals surface area contributed by atoms with Crippen LogP contribution in [0.15, 0.2) is 36.0 Å². The molecular weight excluding hydrogens is 242 g/mol. The van der Waals surface area contributed by atoms with Crippen LogP contribution in [0.4, 0.5) is 0 Å². The highest BCUT2D eigenvalue weighted by molar-refractivity contribution is 7.10. The van der Waals surface area contributed by atoms with E-state index < -0.39 is 0 Å². The molecule has 2 aromatic rings. The molecule has 0 amide bonds. The quantitative estimate of drug-likeness (QED) is 0.844. The van der Waals surface area contributed by atoms with E-state index in [2.05, 4.69) is 36.0 Å². The van der Waals surface area contributed by atoms with Gasteiger partial charge in [-0.2, -0.15) is 5.26 Å². The summed E-state index contributed by atoms with van der Waals surface area (Å²) in [5.41, 5.74) is 1.95. The maximum Gasteiger partial charge on any atom is 0.100 e. The first kappa shape index (κ1) is 12.7. The summed E-state index contributed by atoms with van der Waals surface area (Å²) in [6, 6.07) is 8.47. The van der Waals surface area contributed by atoms with Crippen molar-refractivity contribution in [3.05, 3.63) is 52.0 Å². The maximum absolute atomic E-state index is 8.81. The molecule has 0 N–H and O–H groups in total. The zero-order valence-electron chi connectivity index (χ0n) is 10.5. The van der Waals surface area contributed by atoms with Crippen LogP contribution < -0.4 is 0 Å². The summed E-state index contributed by atoms with van der Waals surface area (Å²) in [6.45, 7) is 3.01. The minimum atomic E-state index is 0.311. The Bertz CT molecular complexity index is 542. The van der Waals surface area contributed by atoms with Gasteiger partial charge < -0.3 is 0 Å². The zero-order valence-corrected chi connectivity index (χ0v) is 11.3. The predicted molar refractivity (Wildman–Crippen MR) is 73.2 cm³/mol. The average Bonchev–Trinajstić information content (AvgIpc) is 2.86. The van der Waals surface area contributed by atoms with Gasteiger partial charge in [0.05, 0.1) is 5.56 Å². The van der Waals surface area contributed by atoms with Crippen LogP contribution >= 0.6 is 11.3 Å². The third-order valence-electron chi connectivity index (χ3n) is 3.02. The van der Waals surface area contributed by atoms with Crippen molar-refractivity contribution in [3.8, 4) is 6.07 Å². The fraction of sp³-hybridized carbons (Fsp3) is 0.286. The minimum Gasteiger partial charge on any atom is -0.295 e. The lowest BCUT2D eigenvalue weighted by molar-refractivity contribution is 0.255. The van der Waals surface area contributed by atoms with Crippen molar-refractivity contribution >= 4 is 11.3 Å². The van der Waals surface area contributed by atoms with Crippen molar-refractivity contribution in [1.29, 1.82) is 5.26 Å². The third kappa shape index (κ3) is 2.95. The fourth-order valence-electron chi connectivity index (χ4n) is 1.78. The van der Waals surface area contributed by atoms with Gasteiger partial charge in [-0.15, -0.1) is 11.3 Å². The van der Waals surface area contributed by atoms with Gasteiger partial charge in [-0.1, -0.05) is 6.07 Å². The molecule has 0 aliphatic heterocycles. The van der Waals surface area contributed by atoms with Crippen LogP contribution in [-0.4, -0.2) is 16.9 Å². The molecule has 0 aliphatic rings. The number of thiophene rings is 1. The van der Waals surface area contributed by atoms with Gasteiger partial charge in [0, 0.05) is 35.2 Å². The molecule has 0 saturated carbocycles. The Balaban J connectivity index is 2.04. The standard InChI is InChI=1S/C14H15N3S/c1-11(13-4-3-5-16-8-13)17(2)9-14-6-12(7-15)10-18-14/h3-6,8,10-11H,9H2,1-2H3/t11-/m0/s1. The lowest BCUT2D eigenvalue weighted by Crippen LogP contribution is -2.21. The molecule has 0 fully saturated rings. The molecule has 0 aromatic carbocycles. The SMILES string of the molecule is C[C@@H](c1cccnc1)N(C)Cc1cc(C#N)cs1. The Labute approximate surface area is 111 Å². The molecule has 0 bridgehead atoms. The van der Waals surface area contributed by atoms with Crippen LogP contribution in [0.2, 0.25) is 0 Å². The monoisotopic (exact) mass is 257 g/mol. The molecule has 0 unspecified atom stereocenters. The summed E-state index contributed by atoms with van der Waals surface area (Å²) in [5, 5.41) is 10.7. The number of nitrogens with zero attached hydrogens (tertiary/aromatic N) is 3. The molecular formula is C14H15N3S. The van der Waals surface area contributed by atoms with Crippen LogP contribution in [0.5, 0.6) is 0 Å². The number of hydrogen-bond donors (Lipinski definition) is 0. The zero-order chi connectivity index (χ0) is 13.0. The largest absolute Gasteiger partial charge is 0.295 e. The molecule has 0 saturated heterocycles. The first-order valence-corrected chi connectivity index (χ1v) is 6.66. The second kappa shape index (κ2) is 5.76. The van der Waals surface area contributed by atoms with Gasteiger partial charge in [-0.3, -0.25) is 9.88 Å². The molecule has 18 heavy (non-hydrogen) atoms. The number of rotatable bonds is 4. The Hall–Kier alpha value is -1.70. The van der Waals surface area contributed by atoms with Crippen molar-refractivity contribution < 1.29 is 0 Å². The van der Waals surface area contributed by atoms with Gasteiger partial charge in [0.15, 0.2) is 0 Å². The second-order valence-electron chi connectivity index (χ2n) is 4.29. The van der Waals surface area contributed by atoms with E-state index in [1.54, 1.807) is 17.5 Å². The van der Waals surface area contributed by atoms with Crippen molar-refractivity contribution in [2.45, 2.75) is 19.5 Å². The summed E-state index contributed by atoms with van der Waals surface area (Å²) in [7, 11) is 2.09. The van der Waals surface area contributed by atoms with Crippen LogP contribution in [-0.2, 0) is 6.54 Å². The second-order valence-corrected chi connectivity index (χ2v) is 5.29. The van der Waals surface area contributed by atoms with E-state index in [1.165, 1.54) is 10.4 Å². The van der Waals surface area contributed by atoms with Crippen LogP contribution in [0.3, 0.4) is 0 Å². The summed E-state index contributed by atoms with van der Waals surface area (Å²) >= 11 is 1.64. The highest BCUT2D eigenvalue weighted by Gasteiger charge is 2.12. The fourth-order valence-corrected chi connectivity index (χ4v) is 2.65. The smallest absolute Gasteiger partial charge is 0.100 e. The molecule has 0 aliphatic carbocycles. The lowest BCUT2D eigenvalue weighted by Gasteiger charge is -2.24. The van der Waals surface area contributed by atoms with E-state index in [0.29, 0.717) is 6.04 Å². The highest BCUT2D eigenvalue weighted by Crippen LogP contribution is 2.22. The predicted octanol–water partition coefficient (Wildman–Crippen LogP) is 3.21. The van der Waals surface area contributed by atoms with Gasteiger partial charge in [0.25, 0.3) is 0 Å². The first-order valence-electron chi connectivity index (χ1n) is 5.78. The molecule has 2 aromatic heterocycles. The first-order chi connectivity index (χ1) is 8.70. The van der Waals surface area contributed by atoms with E-state index in [4.69, 9.17) is 5.26 Å². The molecule has 92 valence electrons. The molecule has 0 radical (unpaired) electrons. The Kier molecular flexibility index (Phi) is 4.08. The van der Waals surface area contributed by atoms with Crippen LogP contribution in [0, 0.1) is 11.3 Å². The lowest BCUT2D eigenvalue weighted by atomic mass is 10.1. The van der Waals surface area contributed by atoms with Crippen molar-refractivity contribution in [2.75, 3.05) is 7.05 Å². The molecule has 2 heterocycles. The van der Waals surface area contributed by atoms with Crippen molar-refractivity contribution in [2.24, 2.45) is 0 Å². The van der Waals surface area contributed by atoms with E-state index in [9.17, 15) is 0 Å². The highest BCUT2D eigenvalue weighted by atomic mass is 32.1. The van der Waals surface area contributed by atoms with Crippen LogP contribution in [0.25, 0.3) is 0 Å². The van der Waals surface area contributed by atoms with Gasteiger partial charge in [-0.05, 0) is 31.7 Å². The van der Waals surface area contributed by atoms with Crippen LogP contribution in [0.1, 0.15) is 29.0 Å². The minimum absolute atomic E-state index is 0.311. The number of nitriles is 1. The summed E-state index contributed by atoms with van der Waals surface area (Å²) in [5.74, 6) is 0.